The van der Waals surface area contributed by atoms with Gasteiger partial charge in [0.2, 0.25) is 0 Å². The minimum atomic E-state index is -0.152. The molecular weight excluding hydrogens is 172 g/mol. The van der Waals surface area contributed by atoms with Crippen molar-refractivity contribution >= 4 is 0 Å². The van der Waals surface area contributed by atoms with Crippen molar-refractivity contribution in [2.75, 3.05) is 0 Å². The average Bonchev–Trinajstić information content (AvgIpc) is 2.26. The summed E-state index contributed by atoms with van der Waals surface area (Å²) in [5.74, 6) is 3.96. The largest absolute Gasteiger partial charge is 0.393 e. The molecule has 0 radical (unpaired) electrons. The number of aliphatic hydroxyl groups is 1. The molecule has 1 fully saturated rings. The van der Waals surface area contributed by atoms with Gasteiger partial charge in [0.1, 0.15) is 0 Å². The average molecular weight is 194 g/mol. The van der Waals surface area contributed by atoms with Crippen LogP contribution in [-0.2, 0) is 0 Å². The molecule has 0 aromatic carbocycles. The van der Waals surface area contributed by atoms with E-state index in [0.717, 1.165) is 12.3 Å². The Labute approximate surface area is 87.9 Å². The Balaban J connectivity index is 2.32. The molecule has 0 bridgehead atoms. The first-order valence-corrected chi connectivity index (χ1v) is 5.89. The Morgan fingerprint density at radius 3 is 2.93 bits per heavy atom. The second-order valence-corrected chi connectivity index (χ2v) is 4.51. The number of aliphatic hydroxyl groups excluding tert-OH is 1. The van der Waals surface area contributed by atoms with Gasteiger partial charge in [-0.1, -0.05) is 26.2 Å². The minimum absolute atomic E-state index is 0.152. The number of hydrogen-bond donors (Lipinski definition) is 1. The Bertz CT molecular complexity index is 192. The van der Waals surface area contributed by atoms with Crippen LogP contribution in [0.25, 0.3) is 0 Å². The van der Waals surface area contributed by atoms with Crippen molar-refractivity contribution in [2.45, 2.75) is 58.0 Å². The molecule has 0 saturated heterocycles. The minimum Gasteiger partial charge on any atom is -0.393 e. The van der Waals surface area contributed by atoms with Gasteiger partial charge >= 0.3 is 0 Å². The summed E-state index contributed by atoms with van der Waals surface area (Å²) in [6, 6.07) is 0. The van der Waals surface area contributed by atoms with Crippen LogP contribution in [0.2, 0.25) is 0 Å². The lowest BCUT2D eigenvalue weighted by Gasteiger charge is -2.31. The zero-order valence-corrected chi connectivity index (χ0v) is 9.21. The Morgan fingerprint density at radius 1 is 1.50 bits per heavy atom. The second-order valence-electron chi connectivity index (χ2n) is 4.51. The van der Waals surface area contributed by atoms with Crippen molar-refractivity contribution in [3.8, 4) is 12.3 Å². The molecule has 0 aliphatic heterocycles. The molecule has 1 rings (SSSR count). The smallest absolute Gasteiger partial charge is 0.0577 e. The van der Waals surface area contributed by atoms with Gasteiger partial charge in [-0.2, -0.15) is 0 Å². The molecule has 1 heteroatoms. The van der Waals surface area contributed by atoms with E-state index in [1.54, 1.807) is 0 Å². The summed E-state index contributed by atoms with van der Waals surface area (Å²) in [6.45, 7) is 2.25. The maximum absolute atomic E-state index is 9.92. The van der Waals surface area contributed by atoms with Crippen LogP contribution in [0.5, 0.6) is 0 Å². The fourth-order valence-corrected chi connectivity index (χ4v) is 2.52. The first-order valence-electron chi connectivity index (χ1n) is 5.89. The first kappa shape index (κ1) is 11.6. The van der Waals surface area contributed by atoms with Crippen LogP contribution in [0.4, 0.5) is 0 Å². The molecule has 0 spiro atoms. The molecule has 0 heterocycles. The number of rotatable bonds is 4. The standard InChI is InChI=1S/C13H22O/c1-3-5-9-13(14)12-8-6-7-11(4-2)10-12/h1,11-14H,4-10H2,2H3. The van der Waals surface area contributed by atoms with Crippen molar-refractivity contribution in [3.63, 3.8) is 0 Å². The fraction of sp³-hybridized carbons (Fsp3) is 0.846. The van der Waals surface area contributed by atoms with Crippen molar-refractivity contribution in [1.29, 1.82) is 0 Å². The molecule has 1 nitrogen and oxygen atoms in total. The van der Waals surface area contributed by atoms with Crippen LogP contribution in [0.15, 0.2) is 0 Å². The quantitative estimate of drug-likeness (QED) is 0.682. The highest BCUT2D eigenvalue weighted by Crippen LogP contribution is 2.33. The van der Waals surface area contributed by atoms with Crippen LogP contribution in [-0.4, -0.2) is 11.2 Å². The molecule has 0 aromatic rings. The first-order chi connectivity index (χ1) is 6.77. The molecule has 1 aliphatic carbocycles. The molecule has 80 valence electrons. The number of terminal acetylenes is 1. The lowest BCUT2D eigenvalue weighted by molar-refractivity contribution is 0.0627. The van der Waals surface area contributed by atoms with Gasteiger partial charge in [0.25, 0.3) is 0 Å². The molecule has 3 unspecified atom stereocenters. The monoisotopic (exact) mass is 194 g/mol. The van der Waals surface area contributed by atoms with Crippen molar-refractivity contribution < 1.29 is 5.11 Å². The predicted octanol–water partition coefficient (Wildman–Crippen LogP) is 2.98. The molecule has 0 amide bonds. The van der Waals surface area contributed by atoms with Crippen LogP contribution in [0.1, 0.15) is 51.9 Å². The van der Waals surface area contributed by atoms with Gasteiger partial charge in [0.05, 0.1) is 6.10 Å². The van der Waals surface area contributed by atoms with Gasteiger partial charge in [0, 0.05) is 6.42 Å². The van der Waals surface area contributed by atoms with Crippen LogP contribution in [0, 0.1) is 24.2 Å². The van der Waals surface area contributed by atoms with E-state index < -0.39 is 0 Å². The zero-order chi connectivity index (χ0) is 10.4. The van der Waals surface area contributed by atoms with E-state index >= 15 is 0 Å². The van der Waals surface area contributed by atoms with Crippen molar-refractivity contribution in [3.05, 3.63) is 0 Å². The van der Waals surface area contributed by atoms with Gasteiger partial charge in [-0.05, 0) is 31.1 Å². The molecule has 14 heavy (non-hydrogen) atoms. The highest BCUT2D eigenvalue weighted by Gasteiger charge is 2.25. The highest BCUT2D eigenvalue weighted by atomic mass is 16.3. The van der Waals surface area contributed by atoms with E-state index in [2.05, 4.69) is 12.8 Å². The predicted molar refractivity (Wildman–Crippen MR) is 59.8 cm³/mol. The Morgan fingerprint density at radius 2 is 2.29 bits per heavy atom. The van der Waals surface area contributed by atoms with Crippen molar-refractivity contribution in [1.82, 2.24) is 0 Å². The molecule has 1 saturated carbocycles. The SMILES string of the molecule is C#CCCC(O)C1CCCC(CC)C1. The maximum Gasteiger partial charge on any atom is 0.0577 e. The van der Waals surface area contributed by atoms with Gasteiger partial charge < -0.3 is 5.11 Å². The molecule has 0 aromatic heterocycles. The summed E-state index contributed by atoms with van der Waals surface area (Å²) in [5, 5.41) is 9.92. The van der Waals surface area contributed by atoms with Gasteiger partial charge in [-0.15, -0.1) is 12.3 Å². The Hall–Kier alpha value is -0.480. The summed E-state index contributed by atoms with van der Waals surface area (Å²) in [4.78, 5) is 0. The van der Waals surface area contributed by atoms with Gasteiger partial charge in [-0.3, -0.25) is 0 Å². The molecule has 1 N–H and O–H groups in total. The van der Waals surface area contributed by atoms with E-state index in [9.17, 15) is 5.11 Å². The van der Waals surface area contributed by atoms with E-state index in [1.165, 1.54) is 32.1 Å². The third-order valence-corrected chi connectivity index (χ3v) is 3.53. The van der Waals surface area contributed by atoms with E-state index in [4.69, 9.17) is 6.42 Å². The Kier molecular flexibility index (Phi) is 5.04. The topological polar surface area (TPSA) is 20.2 Å². The number of hydrogen-bond acceptors (Lipinski definition) is 1. The van der Waals surface area contributed by atoms with Crippen molar-refractivity contribution in [2.24, 2.45) is 11.8 Å². The van der Waals surface area contributed by atoms with E-state index in [-0.39, 0.29) is 6.10 Å². The summed E-state index contributed by atoms with van der Waals surface area (Å²) < 4.78 is 0. The zero-order valence-electron chi connectivity index (χ0n) is 9.21. The fourth-order valence-electron chi connectivity index (χ4n) is 2.52. The highest BCUT2D eigenvalue weighted by molar-refractivity contribution is 4.86. The van der Waals surface area contributed by atoms with Crippen LogP contribution in [0.3, 0.4) is 0 Å². The summed E-state index contributed by atoms with van der Waals surface area (Å²) in [7, 11) is 0. The summed E-state index contributed by atoms with van der Waals surface area (Å²) in [5.41, 5.74) is 0. The van der Waals surface area contributed by atoms with E-state index in [0.29, 0.717) is 12.3 Å². The molecular formula is C13H22O. The van der Waals surface area contributed by atoms with E-state index in [1.807, 2.05) is 0 Å². The van der Waals surface area contributed by atoms with Crippen LogP contribution >= 0.6 is 0 Å². The normalized spacial score (nSPS) is 29.5. The van der Waals surface area contributed by atoms with Crippen LogP contribution < -0.4 is 0 Å². The lowest BCUT2D eigenvalue weighted by atomic mass is 9.77. The molecule has 3 atom stereocenters. The molecule has 1 aliphatic rings. The maximum atomic E-state index is 9.92. The summed E-state index contributed by atoms with van der Waals surface area (Å²) in [6.07, 6.45) is 12.9. The third kappa shape index (κ3) is 3.35. The summed E-state index contributed by atoms with van der Waals surface area (Å²) >= 11 is 0. The lowest BCUT2D eigenvalue weighted by Crippen LogP contribution is -2.26. The third-order valence-electron chi connectivity index (χ3n) is 3.53. The van der Waals surface area contributed by atoms with Gasteiger partial charge in [0.15, 0.2) is 0 Å². The second kappa shape index (κ2) is 6.09. The van der Waals surface area contributed by atoms with Gasteiger partial charge in [-0.25, -0.2) is 0 Å².